The molecule has 5 heteroatoms. The van der Waals surface area contributed by atoms with Crippen molar-refractivity contribution in [1.29, 1.82) is 0 Å². The van der Waals surface area contributed by atoms with E-state index in [1.165, 1.54) is 0 Å². The number of ether oxygens (including phenoxy) is 1. The average Bonchev–Trinajstić information content (AvgIpc) is 2.22. The summed E-state index contributed by atoms with van der Waals surface area (Å²) in [6, 6.07) is -0.757. The van der Waals surface area contributed by atoms with Gasteiger partial charge in [0.05, 0.1) is 6.61 Å². The molecule has 5 nitrogen and oxygen atoms in total. The molecule has 0 aliphatic rings. The number of nitrogens with one attached hydrogen (secondary N) is 1. The number of carboxylic acids is 1. The lowest BCUT2D eigenvalue weighted by atomic mass is 9.89. The maximum atomic E-state index is 11.5. The fraction of sp³-hybridized carbons (Fsp3) is 0.846. The summed E-state index contributed by atoms with van der Waals surface area (Å²) >= 11 is 0. The standard InChI is InChI=1S/C13H25NO4/c1-13(2,3)7-5-6-10(15)8-18-9-11(14-4)12(16)17/h11,14H,5-9H2,1-4H3,(H,16,17)/t11-/m0/s1. The number of rotatable bonds is 9. The molecule has 0 aliphatic heterocycles. The third kappa shape index (κ3) is 9.13. The van der Waals surface area contributed by atoms with Crippen molar-refractivity contribution in [3.8, 4) is 0 Å². The lowest BCUT2D eigenvalue weighted by molar-refractivity contribution is -0.142. The van der Waals surface area contributed by atoms with Gasteiger partial charge in [0, 0.05) is 6.42 Å². The summed E-state index contributed by atoms with van der Waals surface area (Å²) in [5.74, 6) is -0.947. The van der Waals surface area contributed by atoms with E-state index in [0.29, 0.717) is 6.42 Å². The molecule has 0 aromatic carbocycles. The van der Waals surface area contributed by atoms with Gasteiger partial charge in [0.2, 0.25) is 0 Å². The van der Waals surface area contributed by atoms with E-state index in [1.54, 1.807) is 7.05 Å². The van der Waals surface area contributed by atoms with Crippen molar-refractivity contribution in [3.05, 3.63) is 0 Å². The Morgan fingerprint density at radius 1 is 1.33 bits per heavy atom. The van der Waals surface area contributed by atoms with Crippen LogP contribution in [0.1, 0.15) is 40.0 Å². The van der Waals surface area contributed by atoms with E-state index in [9.17, 15) is 9.59 Å². The summed E-state index contributed by atoms with van der Waals surface area (Å²) in [5, 5.41) is 11.3. The molecule has 0 aliphatic carbocycles. The Bertz CT molecular complexity index is 271. The number of hydrogen-bond donors (Lipinski definition) is 2. The maximum absolute atomic E-state index is 11.5. The van der Waals surface area contributed by atoms with E-state index in [4.69, 9.17) is 9.84 Å². The molecule has 2 N–H and O–H groups in total. The third-order valence-corrected chi connectivity index (χ3v) is 2.58. The molecule has 0 fully saturated rings. The largest absolute Gasteiger partial charge is 0.480 e. The van der Waals surface area contributed by atoms with Crippen LogP contribution < -0.4 is 5.32 Å². The summed E-state index contributed by atoms with van der Waals surface area (Å²) in [4.78, 5) is 22.1. The van der Waals surface area contributed by atoms with E-state index in [-0.39, 0.29) is 24.4 Å². The molecule has 0 heterocycles. The highest BCUT2D eigenvalue weighted by molar-refractivity contribution is 5.79. The van der Waals surface area contributed by atoms with Gasteiger partial charge in [-0.3, -0.25) is 9.59 Å². The molecule has 0 saturated carbocycles. The summed E-state index contributed by atoms with van der Waals surface area (Å²) in [6.07, 6.45) is 2.33. The smallest absolute Gasteiger partial charge is 0.323 e. The Morgan fingerprint density at radius 3 is 2.39 bits per heavy atom. The highest BCUT2D eigenvalue weighted by Gasteiger charge is 2.16. The minimum absolute atomic E-state index is 0.00436. The first-order valence-electron chi connectivity index (χ1n) is 6.26. The van der Waals surface area contributed by atoms with Gasteiger partial charge in [-0.15, -0.1) is 0 Å². The van der Waals surface area contributed by atoms with Crippen molar-refractivity contribution < 1.29 is 19.4 Å². The van der Waals surface area contributed by atoms with Crippen LogP contribution in [0.5, 0.6) is 0 Å². The van der Waals surface area contributed by atoms with Gasteiger partial charge in [0.15, 0.2) is 5.78 Å². The van der Waals surface area contributed by atoms with Crippen LogP contribution in [-0.2, 0) is 14.3 Å². The van der Waals surface area contributed by atoms with Crippen LogP contribution in [0.15, 0.2) is 0 Å². The molecule has 0 bridgehead atoms. The van der Waals surface area contributed by atoms with E-state index in [2.05, 4.69) is 26.1 Å². The molecule has 106 valence electrons. The number of Topliss-reactive ketones (excluding diaryl/α,β-unsaturated/α-hetero) is 1. The molecule has 0 aromatic heterocycles. The van der Waals surface area contributed by atoms with Gasteiger partial charge >= 0.3 is 5.97 Å². The van der Waals surface area contributed by atoms with Crippen molar-refractivity contribution >= 4 is 11.8 Å². The van der Waals surface area contributed by atoms with Crippen LogP contribution >= 0.6 is 0 Å². The first-order valence-corrected chi connectivity index (χ1v) is 6.26. The molecule has 0 aromatic rings. The topological polar surface area (TPSA) is 75.6 Å². The van der Waals surface area contributed by atoms with Gasteiger partial charge in [-0.2, -0.15) is 0 Å². The molecule has 0 amide bonds. The number of carbonyl (C=O) groups is 2. The quantitative estimate of drug-likeness (QED) is 0.655. The predicted molar refractivity (Wildman–Crippen MR) is 69.6 cm³/mol. The lowest BCUT2D eigenvalue weighted by Crippen LogP contribution is -2.38. The second-order valence-corrected chi connectivity index (χ2v) is 5.65. The number of aliphatic carboxylic acids is 1. The molecule has 18 heavy (non-hydrogen) atoms. The van der Waals surface area contributed by atoms with Crippen LogP contribution in [0.2, 0.25) is 0 Å². The van der Waals surface area contributed by atoms with Crippen molar-refractivity contribution in [2.24, 2.45) is 5.41 Å². The highest BCUT2D eigenvalue weighted by atomic mass is 16.5. The average molecular weight is 259 g/mol. The fourth-order valence-electron chi connectivity index (χ4n) is 1.46. The molecule has 0 unspecified atom stereocenters. The van der Waals surface area contributed by atoms with Crippen molar-refractivity contribution in [1.82, 2.24) is 5.32 Å². The second-order valence-electron chi connectivity index (χ2n) is 5.65. The molecule has 0 rings (SSSR count). The van der Waals surface area contributed by atoms with Crippen molar-refractivity contribution in [2.45, 2.75) is 46.1 Å². The van der Waals surface area contributed by atoms with E-state index < -0.39 is 12.0 Å². The van der Waals surface area contributed by atoms with Gasteiger partial charge in [0.25, 0.3) is 0 Å². The molecule has 1 atom stereocenters. The zero-order valence-corrected chi connectivity index (χ0v) is 11.8. The van der Waals surface area contributed by atoms with Gasteiger partial charge in [-0.25, -0.2) is 0 Å². The predicted octanol–water partition coefficient (Wildman–Crippen LogP) is 1.46. The number of carbonyl (C=O) groups excluding carboxylic acids is 1. The Balaban J connectivity index is 3.68. The molecule has 0 radical (unpaired) electrons. The Kier molecular flexibility index (Phi) is 7.78. The Morgan fingerprint density at radius 2 is 1.94 bits per heavy atom. The zero-order chi connectivity index (χ0) is 14.2. The van der Waals surface area contributed by atoms with Crippen LogP contribution in [0.4, 0.5) is 0 Å². The van der Waals surface area contributed by atoms with Crippen LogP contribution in [0.25, 0.3) is 0 Å². The van der Waals surface area contributed by atoms with Crippen molar-refractivity contribution in [2.75, 3.05) is 20.3 Å². The zero-order valence-electron chi connectivity index (χ0n) is 11.8. The minimum atomic E-state index is -0.974. The van der Waals surface area contributed by atoms with Gasteiger partial charge in [0.1, 0.15) is 12.6 Å². The van der Waals surface area contributed by atoms with Gasteiger partial charge in [-0.05, 0) is 25.3 Å². The van der Waals surface area contributed by atoms with Crippen LogP contribution in [-0.4, -0.2) is 43.2 Å². The van der Waals surface area contributed by atoms with Gasteiger partial charge < -0.3 is 15.2 Å². The lowest BCUT2D eigenvalue weighted by Gasteiger charge is -2.17. The molecule has 0 spiro atoms. The third-order valence-electron chi connectivity index (χ3n) is 2.58. The summed E-state index contributed by atoms with van der Waals surface area (Å²) < 4.78 is 5.10. The normalized spacial score (nSPS) is 13.3. The fourth-order valence-corrected chi connectivity index (χ4v) is 1.46. The first kappa shape index (κ1) is 17.1. The minimum Gasteiger partial charge on any atom is -0.480 e. The SMILES string of the molecule is CN[C@@H](COCC(=O)CCCC(C)(C)C)C(=O)O. The summed E-state index contributed by atoms with van der Waals surface area (Å²) in [5.41, 5.74) is 0.238. The Labute approximate surface area is 109 Å². The second kappa shape index (κ2) is 8.21. The van der Waals surface area contributed by atoms with Crippen LogP contribution in [0.3, 0.4) is 0 Å². The summed E-state index contributed by atoms with van der Waals surface area (Å²) in [6.45, 7) is 6.42. The molecule has 0 saturated heterocycles. The number of likely N-dealkylation sites (N-methyl/N-ethyl adjacent to an activating group) is 1. The van der Waals surface area contributed by atoms with Gasteiger partial charge in [-0.1, -0.05) is 20.8 Å². The molecular formula is C13H25NO4. The maximum Gasteiger partial charge on any atom is 0.323 e. The van der Waals surface area contributed by atoms with Crippen molar-refractivity contribution in [3.63, 3.8) is 0 Å². The highest BCUT2D eigenvalue weighted by Crippen LogP contribution is 2.21. The van der Waals surface area contributed by atoms with Crippen LogP contribution in [0, 0.1) is 5.41 Å². The summed E-state index contributed by atoms with van der Waals surface area (Å²) in [7, 11) is 1.55. The number of ketones is 1. The number of carboxylic acid groups (broad SMARTS) is 1. The van der Waals surface area contributed by atoms with E-state index >= 15 is 0 Å². The Hall–Kier alpha value is -0.940. The first-order chi connectivity index (χ1) is 8.26. The number of hydrogen-bond acceptors (Lipinski definition) is 4. The van der Waals surface area contributed by atoms with E-state index in [1.807, 2.05) is 0 Å². The monoisotopic (exact) mass is 259 g/mol. The van der Waals surface area contributed by atoms with E-state index in [0.717, 1.165) is 12.8 Å². The molecular weight excluding hydrogens is 234 g/mol.